The summed E-state index contributed by atoms with van der Waals surface area (Å²) in [4.78, 5) is 5.66. The molecule has 2 aliphatic rings. The third-order valence-corrected chi connectivity index (χ3v) is 3.83. The van der Waals surface area contributed by atoms with Gasteiger partial charge in [-0.3, -0.25) is 4.84 Å². The van der Waals surface area contributed by atoms with Crippen LogP contribution >= 0.6 is 0 Å². The molecule has 3 rings (SSSR count). The summed E-state index contributed by atoms with van der Waals surface area (Å²) in [5.41, 5.74) is 1.17. The molecule has 1 saturated heterocycles. The Hall–Kier alpha value is -1.10. The first-order chi connectivity index (χ1) is 8.78. The van der Waals surface area contributed by atoms with Gasteiger partial charge in [0.25, 0.3) is 0 Å². The second-order valence-corrected chi connectivity index (χ2v) is 5.05. The number of hydrogen-bond acceptors (Lipinski definition) is 4. The van der Waals surface area contributed by atoms with Gasteiger partial charge in [0, 0.05) is 6.04 Å². The third kappa shape index (κ3) is 2.36. The van der Waals surface area contributed by atoms with Crippen LogP contribution in [0.1, 0.15) is 37.5 Å². The van der Waals surface area contributed by atoms with Gasteiger partial charge in [0.1, 0.15) is 5.75 Å². The molecule has 18 heavy (non-hydrogen) atoms. The number of rotatable bonds is 3. The van der Waals surface area contributed by atoms with Gasteiger partial charge in [0.05, 0.1) is 13.2 Å². The molecule has 1 aliphatic carbocycles. The summed E-state index contributed by atoms with van der Waals surface area (Å²) in [5.74, 6) is 0.867. The van der Waals surface area contributed by atoms with Crippen LogP contribution in [-0.4, -0.2) is 29.4 Å². The molecule has 2 fully saturated rings. The molecule has 1 aromatic rings. The summed E-state index contributed by atoms with van der Waals surface area (Å²) in [5, 5.41) is 11.6. The minimum absolute atomic E-state index is 0.0937. The average molecular weight is 249 g/mol. The van der Waals surface area contributed by atoms with Gasteiger partial charge in [-0.15, -0.1) is 5.06 Å². The van der Waals surface area contributed by atoms with E-state index in [1.165, 1.54) is 5.56 Å². The Labute approximate surface area is 107 Å². The number of hydroxylamine groups is 2. The van der Waals surface area contributed by atoms with Crippen LogP contribution in [-0.2, 0) is 4.84 Å². The minimum atomic E-state index is -0.111. The maximum absolute atomic E-state index is 9.50. The fourth-order valence-electron chi connectivity index (χ4n) is 2.65. The maximum atomic E-state index is 9.50. The predicted octanol–water partition coefficient (Wildman–Crippen LogP) is 2.24. The lowest BCUT2D eigenvalue weighted by molar-refractivity contribution is 0.0625. The van der Waals surface area contributed by atoms with Gasteiger partial charge in [-0.1, -0.05) is 12.1 Å². The van der Waals surface area contributed by atoms with Crippen LogP contribution in [0.2, 0.25) is 0 Å². The predicted molar refractivity (Wildman–Crippen MR) is 66.9 cm³/mol. The van der Waals surface area contributed by atoms with Crippen molar-refractivity contribution in [2.45, 2.75) is 44.1 Å². The molecule has 1 aromatic carbocycles. The molecule has 0 amide bonds. The second-order valence-electron chi connectivity index (χ2n) is 5.05. The molecule has 0 aromatic heterocycles. The van der Waals surface area contributed by atoms with Crippen LogP contribution in [0.25, 0.3) is 0 Å². The monoisotopic (exact) mass is 249 g/mol. The molecular formula is C14H19NO3. The van der Waals surface area contributed by atoms with E-state index < -0.39 is 0 Å². The van der Waals surface area contributed by atoms with E-state index in [4.69, 9.17) is 9.57 Å². The minimum Gasteiger partial charge on any atom is -0.497 e. The fourth-order valence-corrected chi connectivity index (χ4v) is 2.65. The molecule has 1 N–H and O–H groups in total. The highest BCUT2D eigenvalue weighted by Crippen LogP contribution is 2.43. The van der Waals surface area contributed by atoms with Crippen molar-refractivity contribution in [3.8, 4) is 5.75 Å². The number of methoxy groups -OCH3 is 1. The lowest BCUT2D eigenvalue weighted by Crippen LogP contribution is -2.27. The Balaban J connectivity index is 1.59. The molecule has 1 heterocycles. The van der Waals surface area contributed by atoms with Crippen LogP contribution in [0.4, 0.5) is 0 Å². The van der Waals surface area contributed by atoms with Gasteiger partial charge in [0.2, 0.25) is 0 Å². The van der Waals surface area contributed by atoms with E-state index in [0.29, 0.717) is 6.04 Å². The topological polar surface area (TPSA) is 45.0 Å². The number of ether oxygens (including phenoxy) is 1. The van der Waals surface area contributed by atoms with Crippen LogP contribution in [0.5, 0.6) is 5.75 Å². The highest BCUT2D eigenvalue weighted by molar-refractivity contribution is 5.29. The van der Waals surface area contributed by atoms with E-state index in [9.17, 15) is 5.11 Å². The molecule has 2 atom stereocenters. The normalized spacial score (nSPS) is 35.2. The van der Waals surface area contributed by atoms with Crippen molar-refractivity contribution < 1.29 is 14.7 Å². The Morgan fingerprint density at radius 3 is 2.44 bits per heavy atom. The van der Waals surface area contributed by atoms with Crippen molar-refractivity contribution in [2.75, 3.05) is 7.11 Å². The zero-order valence-electron chi connectivity index (χ0n) is 10.6. The SMILES string of the molecule is COc1ccc([C@@H]2ON2C2CCC(O)CC2)cc1. The number of benzene rings is 1. The fraction of sp³-hybridized carbons (Fsp3) is 0.571. The van der Waals surface area contributed by atoms with E-state index in [1.54, 1.807) is 7.11 Å². The van der Waals surface area contributed by atoms with E-state index in [1.807, 2.05) is 24.3 Å². The molecule has 0 bridgehead atoms. The molecule has 0 spiro atoms. The van der Waals surface area contributed by atoms with Crippen molar-refractivity contribution >= 4 is 0 Å². The standard InChI is InChI=1S/C14H19NO3/c1-17-13-8-2-10(3-9-13)14-15(18-14)11-4-6-12(16)7-5-11/h2-3,8-9,11-12,14,16H,4-7H2,1H3/t11?,12?,14-,15?/m0/s1. The summed E-state index contributed by atoms with van der Waals surface area (Å²) in [7, 11) is 1.67. The lowest BCUT2D eigenvalue weighted by atomic mass is 9.93. The first kappa shape index (κ1) is 12.0. The Morgan fingerprint density at radius 1 is 1.17 bits per heavy atom. The summed E-state index contributed by atoms with van der Waals surface area (Å²) < 4.78 is 5.14. The molecule has 0 radical (unpaired) electrons. The van der Waals surface area contributed by atoms with Crippen molar-refractivity contribution in [2.24, 2.45) is 0 Å². The summed E-state index contributed by atoms with van der Waals surface area (Å²) in [6, 6.07) is 8.46. The molecule has 1 aliphatic heterocycles. The van der Waals surface area contributed by atoms with Gasteiger partial charge < -0.3 is 9.84 Å². The van der Waals surface area contributed by atoms with Gasteiger partial charge >= 0.3 is 0 Å². The summed E-state index contributed by atoms with van der Waals surface area (Å²) >= 11 is 0. The van der Waals surface area contributed by atoms with Crippen LogP contribution in [0.15, 0.2) is 24.3 Å². The van der Waals surface area contributed by atoms with Crippen molar-refractivity contribution in [1.82, 2.24) is 5.06 Å². The Morgan fingerprint density at radius 2 is 1.83 bits per heavy atom. The van der Waals surface area contributed by atoms with Gasteiger partial charge in [0.15, 0.2) is 6.23 Å². The summed E-state index contributed by atoms with van der Waals surface area (Å²) in [6.07, 6.45) is 3.80. The molecule has 4 heteroatoms. The lowest BCUT2D eigenvalue weighted by Gasteiger charge is -2.24. The van der Waals surface area contributed by atoms with Crippen LogP contribution in [0.3, 0.4) is 0 Å². The van der Waals surface area contributed by atoms with E-state index in [2.05, 4.69) is 5.06 Å². The van der Waals surface area contributed by atoms with Gasteiger partial charge in [-0.25, -0.2) is 0 Å². The molecule has 4 nitrogen and oxygen atoms in total. The van der Waals surface area contributed by atoms with E-state index >= 15 is 0 Å². The van der Waals surface area contributed by atoms with E-state index in [0.717, 1.165) is 31.4 Å². The third-order valence-electron chi connectivity index (χ3n) is 3.83. The highest BCUT2D eigenvalue weighted by atomic mass is 16.8. The van der Waals surface area contributed by atoms with Crippen molar-refractivity contribution in [3.63, 3.8) is 0 Å². The number of aliphatic hydroxyl groups is 1. The molecule has 1 unspecified atom stereocenters. The van der Waals surface area contributed by atoms with E-state index in [-0.39, 0.29) is 12.3 Å². The number of aliphatic hydroxyl groups excluding tert-OH is 1. The quantitative estimate of drug-likeness (QED) is 0.834. The molecule has 98 valence electrons. The van der Waals surface area contributed by atoms with Crippen molar-refractivity contribution in [3.05, 3.63) is 29.8 Å². The first-order valence-electron chi connectivity index (χ1n) is 6.55. The smallest absolute Gasteiger partial charge is 0.180 e. The van der Waals surface area contributed by atoms with Gasteiger partial charge in [-0.2, -0.15) is 0 Å². The maximum Gasteiger partial charge on any atom is 0.180 e. The van der Waals surface area contributed by atoms with Crippen LogP contribution in [0, 0.1) is 0 Å². The molecule has 1 saturated carbocycles. The largest absolute Gasteiger partial charge is 0.497 e. The van der Waals surface area contributed by atoms with Gasteiger partial charge in [-0.05, 0) is 43.4 Å². The zero-order chi connectivity index (χ0) is 12.5. The Bertz CT molecular complexity index is 398. The molecular weight excluding hydrogens is 230 g/mol. The van der Waals surface area contributed by atoms with Crippen LogP contribution < -0.4 is 4.74 Å². The second kappa shape index (κ2) is 4.88. The number of hydrogen-bond donors (Lipinski definition) is 1. The summed E-state index contributed by atoms with van der Waals surface area (Å²) in [6.45, 7) is 0. The number of nitrogens with zero attached hydrogens (tertiary/aromatic N) is 1. The average Bonchev–Trinajstić information content (AvgIpc) is 3.20. The first-order valence-corrected chi connectivity index (χ1v) is 6.55. The highest BCUT2D eigenvalue weighted by Gasteiger charge is 2.44. The Kier molecular flexibility index (Phi) is 3.24. The van der Waals surface area contributed by atoms with Crippen molar-refractivity contribution in [1.29, 1.82) is 0 Å². The zero-order valence-corrected chi connectivity index (χ0v) is 10.6.